The smallest absolute Gasteiger partial charge is 0.242 e. The molecule has 0 aliphatic carbocycles. The highest BCUT2D eigenvalue weighted by Crippen LogP contribution is 2.32. The summed E-state index contributed by atoms with van der Waals surface area (Å²) in [5.74, 6) is 1.30. The molecule has 0 fully saturated rings. The molecule has 1 aliphatic rings. The zero-order valence-electron chi connectivity index (χ0n) is 17.0. The van der Waals surface area contributed by atoms with Gasteiger partial charge in [0.15, 0.2) is 11.5 Å². The molecule has 6 nitrogen and oxygen atoms in total. The van der Waals surface area contributed by atoms with Crippen LogP contribution >= 0.6 is 0 Å². The maximum atomic E-state index is 13.2. The molecule has 1 aliphatic heterocycles. The van der Waals surface area contributed by atoms with Crippen molar-refractivity contribution in [1.29, 1.82) is 0 Å². The van der Waals surface area contributed by atoms with Crippen LogP contribution in [0.5, 0.6) is 11.5 Å². The van der Waals surface area contributed by atoms with E-state index in [1.54, 1.807) is 4.90 Å². The number of carbonyl (C=O) groups excluding carboxylic acids is 2. The molecular weight excluding hydrogens is 368 g/mol. The number of aryl methyl sites for hydroxylation is 1. The Bertz CT molecular complexity index is 838. The Balaban J connectivity index is 1.73. The molecule has 1 N–H and O–H groups in total. The average Bonchev–Trinajstić information content (AvgIpc) is 3.20. The molecule has 154 valence electrons. The molecule has 0 bridgehead atoms. The van der Waals surface area contributed by atoms with E-state index in [4.69, 9.17) is 9.47 Å². The number of benzene rings is 2. The third-order valence-electron chi connectivity index (χ3n) is 5.00. The van der Waals surface area contributed by atoms with Crippen LogP contribution in [0.3, 0.4) is 0 Å². The second-order valence-electron chi connectivity index (χ2n) is 7.01. The van der Waals surface area contributed by atoms with Crippen LogP contribution < -0.4 is 14.8 Å². The summed E-state index contributed by atoms with van der Waals surface area (Å²) in [4.78, 5) is 27.4. The first-order chi connectivity index (χ1) is 14.1. The summed E-state index contributed by atoms with van der Waals surface area (Å²) in [5.41, 5.74) is 2.01. The molecule has 2 aromatic rings. The van der Waals surface area contributed by atoms with Crippen molar-refractivity contribution in [3.05, 3.63) is 59.7 Å². The second kappa shape index (κ2) is 9.96. The van der Waals surface area contributed by atoms with Crippen molar-refractivity contribution < 1.29 is 19.1 Å². The Morgan fingerprint density at radius 3 is 2.52 bits per heavy atom. The topological polar surface area (TPSA) is 67.9 Å². The van der Waals surface area contributed by atoms with Gasteiger partial charge in [-0.15, -0.1) is 0 Å². The lowest BCUT2D eigenvalue weighted by molar-refractivity contribution is -0.141. The van der Waals surface area contributed by atoms with Crippen LogP contribution in [-0.2, 0) is 22.6 Å². The number of nitrogens with one attached hydrogen (secondary N) is 1. The van der Waals surface area contributed by atoms with Crippen LogP contribution in [-0.4, -0.2) is 36.1 Å². The van der Waals surface area contributed by atoms with Crippen LogP contribution in [0, 0.1) is 0 Å². The predicted octanol–water partition coefficient (Wildman–Crippen LogP) is 3.29. The number of hydrogen-bond donors (Lipinski definition) is 1. The molecule has 29 heavy (non-hydrogen) atoms. The molecule has 1 atom stereocenters. The van der Waals surface area contributed by atoms with Gasteiger partial charge in [-0.2, -0.15) is 0 Å². The normalized spacial score (nSPS) is 13.0. The van der Waals surface area contributed by atoms with Gasteiger partial charge in [0, 0.05) is 19.5 Å². The lowest BCUT2D eigenvalue weighted by atomic mass is 10.1. The standard InChI is InChI=1S/C23H28N2O4/c1-3-19(23(27)24-4-2)25(15-18-8-6-5-7-9-18)22(26)13-11-17-10-12-20-21(14-17)29-16-28-20/h5-10,12,14,19H,3-4,11,13,15-16H2,1-2H3,(H,24,27). The van der Waals surface area contributed by atoms with E-state index in [-0.39, 0.29) is 18.6 Å². The fourth-order valence-electron chi connectivity index (χ4n) is 3.48. The van der Waals surface area contributed by atoms with Gasteiger partial charge in [0.1, 0.15) is 6.04 Å². The number of ether oxygens (including phenoxy) is 2. The summed E-state index contributed by atoms with van der Waals surface area (Å²) in [7, 11) is 0. The molecule has 1 unspecified atom stereocenters. The minimum Gasteiger partial charge on any atom is -0.454 e. The van der Waals surface area contributed by atoms with Gasteiger partial charge < -0.3 is 19.7 Å². The minimum atomic E-state index is -0.487. The van der Waals surface area contributed by atoms with Crippen molar-refractivity contribution in [1.82, 2.24) is 10.2 Å². The molecular formula is C23H28N2O4. The quantitative estimate of drug-likeness (QED) is 0.706. The van der Waals surface area contributed by atoms with Gasteiger partial charge in [-0.3, -0.25) is 9.59 Å². The van der Waals surface area contributed by atoms with E-state index in [1.165, 1.54) is 0 Å². The van der Waals surface area contributed by atoms with E-state index in [0.29, 0.717) is 38.1 Å². The third kappa shape index (κ3) is 5.28. The van der Waals surface area contributed by atoms with Crippen LogP contribution in [0.2, 0.25) is 0 Å². The molecule has 3 rings (SSSR count). The molecule has 2 amide bonds. The fraction of sp³-hybridized carbons (Fsp3) is 0.391. The first kappa shape index (κ1) is 20.7. The zero-order chi connectivity index (χ0) is 20.6. The molecule has 0 saturated carbocycles. The van der Waals surface area contributed by atoms with E-state index in [2.05, 4.69) is 5.32 Å². The second-order valence-corrected chi connectivity index (χ2v) is 7.01. The Kier molecular flexibility index (Phi) is 7.11. The first-order valence-corrected chi connectivity index (χ1v) is 10.1. The predicted molar refractivity (Wildman–Crippen MR) is 111 cm³/mol. The number of amides is 2. The third-order valence-corrected chi connectivity index (χ3v) is 5.00. The largest absolute Gasteiger partial charge is 0.454 e. The summed E-state index contributed by atoms with van der Waals surface area (Å²) < 4.78 is 10.8. The number of likely N-dealkylation sites (N-methyl/N-ethyl adjacent to an activating group) is 1. The minimum absolute atomic E-state index is 0.0374. The van der Waals surface area contributed by atoms with Crippen molar-refractivity contribution in [2.75, 3.05) is 13.3 Å². The maximum absolute atomic E-state index is 13.2. The van der Waals surface area contributed by atoms with Gasteiger partial charge >= 0.3 is 0 Å². The fourth-order valence-corrected chi connectivity index (χ4v) is 3.48. The van der Waals surface area contributed by atoms with Gasteiger partial charge in [0.2, 0.25) is 18.6 Å². The Labute approximate surface area is 171 Å². The van der Waals surface area contributed by atoms with E-state index < -0.39 is 6.04 Å². The lowest BCUT2D eigenvalue weighted by Gasteiger charge is -2.30. The summed E-state index contributed by atoms with van der Waals surface area (Å²) in [6.07, 6.45) is 1.46. The van der Waals surface area contributed by atoms with Crippen LogP contribution in [0.4, 0.5) is 0 Å². The lowest BCUT2D eigenvalue weighted by Crippen LogP contribution is -2.49. The number of carbonyl (C=O) groups is 2. The molecule has 0 radical (unpaired) electrons. The van der Waals surface area contributed by atoms with Crippen LogP contribution in [0.25, 0.3) is 0 Å². The highest BCUT2D eigenvalue weighted by molar-refractivity contribution is 5.87. The number of rotatable bonds is 9. The van der Waals surface area contributed by atoms with Crippen molar-refractivity contribution in [3.8, 4) is 11.5 Å². The van der Waals surface area contributed by atoms with Crippen LogP contribution in [0.1, 0.15) is 37.8 Å². The average molecular weight is 396 g/mol. The highest BCUT2D eigenvalue weighted by atomic mass is 16.7. The van der Waals surface area contributed by atoms with Crippen molar-refractivity contribution in [3.63, 3.8) is 0 Å². The Morgan fingerprint density at radius 1 is 1.03 bits per heavy atom. The van der Waals surface area contributed by atoms with Crippen molar-refractivity contribution in [2.24, 2.45) is 0 Å². The number of hydrogen-bond acceptors (Lipinski definition) is 4. The summed E-state index contributed by atoms with van der Waals surface area (Å²) >= 11 is 0. The van der Waals surface area contributed by atoms with Gasteiger partial charge in [-0.1, -0.05) is 43.3 Å². The van der Waals surface area contributed by atoms with E-state index in [1.807, 2.05) is 62.4 Å². The van der Waals surface area contributed by atoms with E-state index in [9.17, 15) is 9.59 Å². The monoisotopic (exact) mass is 396 g/mol. The van der Waals surface area contributed by atoms with Crippen molar-refractivity contribution in [2.45, 2.75) is 45.7 Å². The molecule has 6 heteroatoms. The first-order valence-electron chi connectivity index (χ1n) is 10.1. The molecule has 1 heterocycles. The maximum Gasteiger partial charge on any atom is 0.242 e. The van der Waals surface area contributed by atoms with Crippen LogP contribution in [0.15, 0.2) is 48.5 Å². The Morgan fingerprint density at radius 2 is 1.79 bits per heavy atom. The van der Waals surface area contributed by atoms with Gasteiger partial charge in [-0.25, -0.2) is 0 Å². The molecule has 0 saturated heterocycles. The Hall–Kier alpha value is -3.02. The molecule has 0 aromatic heterocycles. The summed E-state index contributed by atoms with van der Waals surface area (Å²) in [6.45, 7) is 5.00. The van der Waals surface area contributed by atoms with E-state index >= 15 is 0 Å². The van der Waals surface area contributed by atoms with Gasteiger partial charge in [-0.05, 0) is 43.0 Å². The number of nitrogens with zero attached hydrogens (tertiary/aromatic N) is 1. The van der Waals surface area contributed by atoms with Gasteiger partial charge in [0.05, 0.1) is 0 Å². The number of fused-ring (bicyclic) bond motifs is 1. The molecule has 2 aromatic carbocycles. The molecule has 0 spiro atoms. The SMILES string of the molecule is CCNC(=O)C(CC)N(Cc1ccccc1)C(=O)CCc1ccc2c(c1)OCO2. The summed E-state index contributed by atoms with van der Waals surface area (Å²) in [5, 5.41) is 2.86. The highest BCUT2D eigenvalue weighted by Gasteiger charge is 2.28. The van der Waals surface area contributed by atoms with Gasteiger partial charge in [0.25, 0.3) is 0 Å². The van der Waals surface area contributed by atoms with E-state index in [0.717, 1.165) is 16.9 Å². The van der Waals surface area contributed by atoms with Crippen molar-refractivity contribution >= 4 is 11.8 Å². The summed E-state index contributed by atoms with van der Waals surface area (Å²) in [6, 6.07) is 15.0. The zero-order valence-corrected chi connectivity index (χ0v) is 17.0.